The largest absolute Gasteiger partial charge is 0.483 e. The predicted octanol–water partition coefficient (Wildman–Crippen LogP) is 5.59. The molecule has 252 valence electrons. The highest BCUT2D eigenvalue weighted by Gasteiger charge is 2.78. The molecule has 6 atom stereocenters. The third-order valence-electron chi connectivity index (χ3n) is 13.6. The average Bonchev–Trinajstić information content (AvgIpc) is 3.42. The Morgan fingerprint density at radius 2 is 1.26 bits per heavy atom. The maximum Gasteiger partial charge on any atom is 0.351 e. The van der Waals surface area contributed by atoms with Gasteiger partial charge in [0.15, 0.2) is 18.0 Å². The molecule has 2 saturated carbocycles. The van der Waals surface area contributed by atoms with Crippen molar-refractivity contribution in [3.63, 3.8) is 0 Å². The third-order valence-corrected chi connectivity index (χ3v) is 13.6. The van der Waals surface area contributed by atoms with Gasteiger partial charge in [0.05, 0.1) is 10.8 Å². The second-order valence-electron chi connectivity index (χ2n) is 16.7. The number of hydrogen-bond donors (Lipinski definition) is 0. The number of aryl methyl sites for hydroxylation is 1. The Balaban J connectivity index is 1.36. The third kappa shape index (κ3) is 3.54. The van der Waals surface area contributed by atoms with Gasteiger partial charge in [-0.25, -0.2) is 9.59 Å². The van der Waals surface area contributed by atoms with Crippen molar-refractivity contribution in [1.82, 2.24) is 0 Å². The summed E-state index contributed by atoms with van der Waals surface area (Å²) in [6.07, 6.45) is 1.01. The molecule has 0 aromatic heterocycles. The van der Waals surface area contributed by atoms with Gasteiger partial charge < -0.3 is 23.7 Å². The molecule has 1 aromatic carbocycles. The van der Waals surface area contributed by atoms with Crippen LogP contribution in [0.2, 0.25) is 0 Å². The molecule has 10 nitrogen and oxygen atoms in total. The molecule has 0 spiro atoms. The van der Waals surface area contributed by atoms with E-state index in [1.165, 1.54) is 0 Å². The van der Waals surface area contributed by atoms with Crippen LogP contribution in [0.25, 0.3) is 0 Å². The van der Waals surface area contributed by atoms with Crippen LogP contribution in [0.5, 0.6) is 5.75 Å². The van der Waals surface area contributed by atoms with Crippen molar-refractivity contribution in [2.45, 2.75) is 130 Å². The predicted molar refractivity (Wildman–Crippen MR) is 166 cm³/mol. The molecular formula is C37H44O10. The van der Waals surface area contributed by atoms with E-state index in [-0.39, 0.29) is 18.6 Å². The van der Waals surface area contributed by atoms with Gasteiger partial charge in [0.2, 0.25) is 11.2 Å². The molecule has 10 heteroatoms. The second kappa shape index (κ2) is 9.05. The van der Waals surface area contributed by atoms with Gasteiger partial charge in [-0.1, -0.05) is 33.3 Å². The Morgan fingerprint density at radius 3 is 1.72 bits per heavy atom. The van der Waals surface area contributed by atoms with Crippen molar-refractivity contribution in [3.8, 4) is 5.75 Å². The van der Waals surface area contributed by atoms with E-state index in [4.69, 9.17) is 23.7 Å². The number of ketones is 1. The molecule has 6 aliphatic rings. The van der Waals surface area contributed by atoms with E-state index in [1.807, 2.05) is 55.4 Å². The standard InChI is InChI=1S/C37H44O10/c1-18-15-20-23(21(38)16-18)19(2)17-22-24(20)25(43-29(41)36-13-11-34(9,27(39)46-36)32(36,5)6)26(31(3,4)45-22)44-30(42)37-14-12-35(10,28(40)47-37)33(37,7)8/h16-17,25-26H,11-15H2,1-10H3/t25-,26-,34+,35+,36-,37-/m1/s1. The quantitative estimate of drug-likeness (QED) is 0.301. The van der Waals surface area contributed by atoms with Gasteiger partial charge in [-0.2, -0.15) is 0 Å². The van der Waals surface area contributed by atoms with Crippen LogP contribution in [0.15, 0.2) is 17.7 Å². The number of esters is 4. The minimum absolute atomic E-state index is 0.174. The monoisotopic (exact) mass is 648 g/mol. The van der Waals surface area contributed by atoms with Crippen LogP contribution in [-0.4, -0.2) is 52.6 Å². The molecule has 3 aliphatic heterocycles. The Hall–Kier alpha value is -3.69. The van der Waals surface area contributed by atoms with E-state index < -0.39 is 74.5 Å². The van der Waals surface area contributed by atoms with Gasteiger partial charge in [0.1, 0.15) is 11.4 Å². The molecule has 0 unspecified atom stereocenters. The first-order valence-electron chi connectivity index (χ1n) is 16.6. The molecule has 4 bridgehead atoms. The van der Waals surface area contributed by atoms with Crippen molar-refractivity contribution in [1.29, 1.82) is 0 Å². The molecule has 47 heavy (non-hydrogen) atoms. The van der Waals surface area contributed by atoms with E-state index in [9.17, 15) is 24.0 Å². The van der Waals surface area contributed by atoms with E-state index in [1.54, 1.807) is 26.0 Å². The number of allylic oxidation sites excluding steroid dienone is 2. The fourth-order valence-corrected chi connectivity index (χ4v) is 9.42. The zero-order valence-corrected chi connectivity index (χ0v) is 28.9. The Bertz CT molecular complexity index is 1750. The summed E-state index contributed by atoms with van der Waals surface area (Å²) in [6.45, 7) is 18.2. The molecule has 0 amide bonds. The lowest BCUT2D eigenvalue weighted by molar-refractivity contribution is -0.218. The number of carbonyl (C=O) groups excluding carboxylic acids is 5. The topological polar surface area (TPSA) is 132 Å². The summed E-state index contributed by atoms with van der Waals surface area (Å²) < 4.78 is 31.2. The number of hydrogen-bond acceptors (Lipinski definition) is 10. The number of ether oxygens (including phenoxy) is 5. The molecular weight excluding hydrogens is 604 g/mol. The number of carbonyl (C=O) groups is 5. The van der Waals surface area contributed by atoms with Crippen LogP contribution in [0.1, 0.15) is 121 Å². The van der Waals surface area contributed by atoms with Gasteiger partial charge in [0, 0.05) is 22.0 Å². The van der Waals surface area contributed by atoms with Gasteiger partial charge in [0.25, 0.3) is 0 Å². The Kier molecular flexibility index (Phi) is 6.14. The number of benzene rings is 1. The minimum atomic E-state index is -1.55. The van der Waals surface area contributed by atoms with E-state index in [2.05, 4.69) is 0 Å². The van der Waals surface area contributed by atoms with Crippen molar-refractivity contribution >= 4 is 29.7 Å². The summed E-state index contributed by atoms with van der Waals surface area (Å²) in [4.78, 5) is 68.5. The van der Waals surface area contributed by atoms with Crippen molar-refractivity contribution in [2.24, 2.45) is 21.7 Å². The summed E-state index contributed by atoms with van der Waals surface area (Å²) >= 11 is 0. The lowest BCUT2D eigenvalue weighted by atomic mass is 9.66. The highest BCUT2D eigenvalue weighted by molar-refractivity contribution is 6.09. The van der Waals surface area contributed by atoms with Crippen molar-refractivity contribution < 1.29 is 47.7 Å². The van der Waals surface area contributed by atoms with E-state index >= 15 is 0 Å². The first-order valence-corrected chi connectivity index (χ1v) is 16.6. The smallest absolute Gasteiger partial charge is 0.351 e. The highest BCUT2D eigenvalue weighted by atomic mass is 16.7. The molecule has 2 saturated heterocycles. The lowest BCUT2D eigenvalue weighted by Crippen LogP contribution is -2.58. The minimum Gasteiger partial charge on any atom is -0.483 e. The molecule has 0 N–H and O–H groups in total. The highest BCUT2D eigenvalue weighted by Crippen LogP contribution is 2.67. The molecule has 4 fully saturated rings. The maximum atomic E-state index is 14.6. The van der Waals surface area contributed by atoms with Gasteiger partial charge in [-0.05, 0) is 96.9 Å². The summed E-state index contributed by atoms with van der Waals surface area (Å²) in [6, 6.07) is 1.76. The number of fused-ring (bicyclic) bond motifs is 7. The fourth-order valence-electron chi connectivity index (χ4n) is 9.42. The van der Waals surface area contributed by atoms with Crippen molar-refractivity contribution in [3.05, 3.63) is 40.0 Å². The summed E-state index contributed by atoms with van der Waals surface area (Å²) in [5.41, 5.74) is -4.75. The first kappa shape index (κ1) is 31.9. The van der Waals surface area contributed by atoms with Crippen LogP contribution in [0.4, 0.5) is 0 Å². The average molecular weight is 649 g/mol. The Morgan fingerprint density at radius 1 is 0.745 bits per heavy atom. The zero-order chi connectivity index (χ0) is 34.5. The summed E-state index contributed by atoms with van der Waals surface area (Å²) in [5, 5.41) is 0. The maximum absolute atomic E-state index is 14.6. The molecule has 0 radical (unpaired) electrons. The SMILES string of the molecule is CC1=CC(=O)c2c(C)cc3c(c2C1)[C@@H](OC(=O)[C@@]12CC[C@@](C)(C(=O)O1)C2(C)C)[C@@H](OC(=O)[C@@]12CC[C@@](C)(C(=O)O1)C2(C)C)C(C)(C)O3. The normalized spacial score (nSPS) is 38.1. The zero-order valence-electron chi connectivity index (χ0n) is 28.9. The van der Waals surface area contributed by atoms with Gasteiger partial charge >= 0.3 is 23.9 Å². The summed E-state index contributed by atoms with van der Waals surface area (Å²) in [7, 11) is 0. The van der Waals surface area contributed by atoms with Crippen LogP contribution < -0.4 is 4.74 Å². The van der Waals surface area contributed by atoms with Crippen LogP contribution in [0.3, 0.4) is 0 Å². The van der Waals surface area contributed by atoms with Crippen LogP contribution in [-0.2, 0) is 44.5 Å². The van der Waals surface area contributed by atoms with Gasteiger partial charge in [-0.15, -0.1) is 0 Å². The summed E-state index contributed by atoms with van der Waals surface area (Å²) in [5.74, 6) is -2.14. The lowest BCUT2D eigenvalue weighted by Gasteiger charge is -2.47. The van der Waals surface area contributed by atoms with Gasteiger partial charge in [-0.3, -0.25) is 14.4 Å². The fraction of sp³-hybridized carbons (Fsp3) is 0.649. The van der Waals surface area contributed by atoms with E-state index in [0.29, 0.717) is 47.3 Å². The van der Waals surface area contributed by atoms with Crippen LogP contribution in [0, 0.1) is 28.6 Å². The second-order valence-corrected chi connectivity index (χ2v) is 16.7. The van der Waals surface area contributed by atoms with Crippen LogP contribution >= 0.6 is 0 Å². The Labute approximate surface area is 274 Å². The molecule has 7 rings (SSSR count). The molecule has 3 aliphatic carbocycles. The number of rotatable bonds is 4. The van der Waals surface area contributed by atoms with Crippen molar-refractivity contribution in [2.75, 3.05) is 0 Å². The molecule has 1 aromatic rings. The molecule has 3 heterocycles. The first-order chi connectivity index (χ1) is 21.6. The van der Waals surface area contributed by atoms with E-state index in [0.717, 1.165) is 5.57 Å².